The van der Waals surface area contributed by atoms with Gasteiger partial charge in [-0.25, -0.2) is 0 Å². The molecule has 0 saturated carbocycles. The van der Waals surface area contributed by atoms with E-state index >= 15 is 0 Å². The van der Waals surface area contributed by atoms with Crippen molar-refractivity contribution in [1.29, 1.82) is 0 Å². The van der Waals surface area contributed by atoms with Crippen LogP contribution < -0.4 is 5.32 Å². The Labute approximate surface area is 240 Å². The van der Waals surface area contributed by atoms with E-state index in [1.165, 1.54) is 0 Å². The zero-order valence-corrected chi connectivity index (χ0v) is 23.9. The third-order valence-corrected chi connectivity index (χ3v) is 7.86. The van der Waals surface area contributed by atoms with E-state index in [0.717, 1.165) is 28.3 Å². The molecule has 202 valence electrons. The minimum atomic E-state index is -0.728. The Balaban J connectivity index is 1.69. The Bertz CT molecular complexity index is 1400. The highest BCUT2D eigenvalue weighted by Gasteiger charge is 2.31. The Kier molecular flexibility index (Phi) is 10.0. The van der Waals surface area contributed by atoms with E-state index in [4.69, 9.17) is 23.2 Å². The summed E-state index contributed by atoms with van der Waals surface area (Å²) in [6, 6.07) is 28.6. The van der Waals surface area contributed by atoms with Gasteiger partial charge in [0.2, 0.25) is 11.8 Å². The van der Waals surface area contributed by atoms with Crippen molar-refractivity contribution >= 4 is 45.8 Å². The highest BCUT2D eigenvalue weighted by molar-refractivity contribution is 6.36. The molecule has 0 aromatic heterocycles. The fourth-order valence-corrected chi connectivity index (χ4v) is 5.26. The van der Waals surface area contributed by atoms with E-state index in [1.54, 1.807) is 23.1 Å². The molecule has 2 atom stereocenters. The fourth-order valence-electron chi connectivity index (χ4n) is 4.74. The van der Waals surface area contributed by atoms with Gasteiger partial charge in [0.1, 0.15) is 6.04 Å². The van der Waals surface area contributed by atoms with Gasteiger partial charge in [0.25, 0.3) is 0 Å². The number of benzene rings is 4. The first-order valence-electron chi connectivity index (χ1n) is 13.4. The van der Waals surface area contributed by atoms with E-state index in [9.17, 15) is 9.59 Å². The average Bonchev–Trinajstić information content (AvgIpc) is 2.95. The highest BCUT2D eigenvalue weighted by atomic mass is 35.5. The Morgan fingerprint density at radius 3 is 2.21 bits per heavy atom. The maximum atomic E-state index is 14.0. The molecule has 0 aliphatic carbocycles. The standard InChI is InChI=1S/C33H34Cl2N2O2/c1-3-23(2)36-33(39)31(21-24-11-5-4-6-12-24)37(22-28-29(34)17-10-18-30(28)35)32(38)20-19-26-15-9-14-25-13-7-8-16-27(25)26/h4-18,23,31H,3,19-22H2,1-2H3,(H,36,39)/t23-,31-/m0/s1. The van der Waals surface area contributed by atoms with Crippen molar-refractivity contribution in [1.82, 2.24) is 10.2 Å². The van der Waals surface area contributed by atoms with Gasteiger partial charge >= 0.3 is 0 Å². The molecule has 0 aliphatic heterocycles. The summed E-state index contributed by atoms with van der Waals surface area (Å²) in [4.78, 5) is 29.4. The van der Waals surface area contributed by atoms with Gasteiger partial charge in [0.05, 0.1) is 0 Å². The van der Waals surface area contributed by atoms with E-state index in [-0.39, 0.29) is 30.8 Å². The van der Waals surface area contributed by atoms with Gasteiger partial charge in [-0.15, -0.1) is 0 Å². The Morgan fingerprint density at radius 2 is 1.49 bits per heavy atom. The first kappa shape index (κ1) is 28.7. The van der Waals surface area contributed by atoms with Crippen LogP contribution in [0.3, 0.4) is 0 Å². The monoisotopic (exact) mass is 560 g/mol. The molecule has 39 heavy (non-hydrogen) atoms. The molecule has 4 rings (SSSR count). The van der Waals surface area contributed by atoms with Gasteiger partial charge in [-0.05, 0) is 53.8 Å². The predicted octanol–water partition coefficient (Wildman–Crippen LogP) is 7.63. The van der Waals surface area contributed by atoms with E-state index in [2.05, 4.69) is 29.6 Å². The smallest absolute Gasteiger partial charge is 0.243 e. The van der Waals surface area contributed by atoms with Crippen LogP contribution in [0.25, 0.3) is 10.8 Å². The molecule has 0 radical (unpaired) electrons. The van der Waals surface area contributed by atoms with Crippen LogP contribution in [-0.2, 0) is 29.0 Å². The number of hydrogen-bond donors (Lipinski definition) is 1. The Morgan fingerprint density at radius 1 is 0.846 bits per heavy atom. The molecule has 0 bridgehead atoms. The molecule has 0 aliphatic rings. The summed E-state index contributed by atoms with van der Waals surface area (Å²) in [5.74, 6) is -0.311. The molecule has 6 heteroatoms. The average molecular weight is 562 g/mol. The van der Waals surface area contributed by atoms with Gasteiger partial charge in [-0.2, -0.15) is 0 Å². The number of hydrogen-bond acceptors (Lipinski definition) is 2. The zero-order chi connectivity index (χ0) is 27.8. The van der Waals surface area contributed by atoms with Crippen molar-refractivity contribution < 1.29 is 9.59 Å². The number of nitrogens with one attached hydrogen (secondary N) is 1. The minimum Gasteiger partial charge on any atom is -0.352 e. The van der Waals surface area contributed by atoms with Crippen molar-refractivity contribution in [2.24, 2.45) is 0 Å². The van der Waals surface area contributed by atoms with Crippen molar-refractivity contribution in [3.05, 3.63) is 118 Å². The van der Waals surface area contributed by atoms with Gasteiger partial charge in [0.15, 0.2) is 0 Å². The van der Waals surface area contributed by atoms with E-state index < -0.39 is 6.04 Å². The molecule has 0 heterocycles. The highest BCUT2D eigenvalue weighted by Crippen LogP contribution is 2.28. The van der Waals surface area contributed by atoms with Crippen molar-refractivity contribution in [2.75, 3.05) is 0 Å². The van der Waals surface area contributed by atoms with Crippen LogP contribution in [0.2, 0.25) is 10.0 Å². The number of halogens is 2. The third kappa shape index (κ3) is 7.40. The lowest BCUT2D eigenvalue weighted by Crippen LogP contribution is -2.52. The van der Waals surface area contributed by atoms with Gasteiger partial charge < -0.3 is 10.2 Å². The second kappa shape index (κ2) is 13.6. The number of fused-ring (bicyclic) bond motifs is 1. The Hall–Kier alpha value is -3.34. The van der Waals surface area contributed by atoms with Crippen LogP contribution in [0.1, 0.15) is 43.4 Å². The number of nitrogens with zero attached hydrogens (tertiary/aromatic N) is 1. The fraction of sp³-hybridized carbons (Fsp3) is 0.273. The van der Waals surface area contributed by atoms with Crippen LogP contribution in [0.5, 0.6) is 0 Å². The molecular weight excluding hydrogens is 527 g/mol. The predicted molar refractivity (Wildman–Crippen MR) is 161 cm³/mol. The SMILES string of the molecule is CC[C@H](C)NC(=O)[C@H](Cc1ccccc1)N(Cc1c(Cl)cccc1Cl)C(=O)CCc1cccc2ccccc12. The second-order valence-electron chi connectivity index (χ2n) is 9.88. The third-order valence-electron chi connectivity index (χ3n) is 7.15. The molecular formula is C33H34Cl2N2O2. The molecule has 0 fully saturated rings. The zero-order valence-electron chi connectivity index (χ0n) is 22.4. The van der Waals surface area contributed by atoms with Gasteiger partial charge in [-0.3, -0.25) is 9.59 Å². The first-order valence-corrected chi connectivity index (χ1v) is 14.2. The van der Waals surface area contributed by atoms with Crippen LogP contribution in [-0.4, -0.2) is 28.8 Å². The molecule has 0 saturated heterocycles. The van der Waals surface area contributed by atoms with Gasteiger partial charge in [-0.1, -0.05) is 109 Å². The number of rotatable bonds is 11. The summed E-state index contributed by atoms with van der Waals surface area (Å²) in [5.41, 5.74) is 2.70. The van der Waals surface area contributed by atoms with Crippen molar-refractivity contribution in [3.63, 3.8) is 0 Å². The van der Waals surface area contributed by atoms with Crippen LogP contribution >= 0.6 is 23.2 Å². The lowest BCUT2D eigenvalue weighted by Gasteiger charge is -2.33. The van der Waals surface area contributed by atoms with Crippen LogP contribution in [0.4, 0.5) is 0 Å². The molecule has 4 nitrogen and oxygen atoms in total. The number of carbonyl (C=O) groups is 2. The maximum absolute atomic E-state index is 14.0. The number of carbonyl (C=O) groups excluding carboxylic acids is 2. The topological polar surface area (TPSA) is 49.4 Å². The summed E-state index contributed by atoms with van der Waals surface area (Å²) in [6.07, 6.45) is 1.97. The van der Waals surface area contributed by atoms with E-state index in [0.29, 0.717) is 28.5 Å². The molecule has 0 spiro atoms. The molecule has 1 N–H and O–H groups in total. The second-order valence-corrected chi connectivity index (χ2v) is 10.7. The minimum absolute atomic E-state index is 0.0210. The lowest BCUT2D eigenvalue weighted by atomic mass is 9.99. The summed E-state index contributed by atoms with van der Waals surface area (Å²) in [6.45, 7) is 4.13. The van der Waals surface area contributed by atoms with E-state index in [1.807, 2.05) is 62.4 Å². The van der Waals surface area contributed by atoms with Gasteiger partial charge in [0, 0.05) is 41.0 Å². The summed E-state index contributed by atoms with van der Waals surface area (Å²) in [5, 5.41) is 6.30. The molecule has 4 aromatic rings. The maximum Gasteiger partial charge on any atom is 0.243 e. The summed E-state index contributed by atoms with van der Waals surface area (Å²) in [7, 11) is 0. The number of amides is 2. The molecule has 2 amide bonds. The van der Waals surface area contributed by atoms with Crippen LogP contribution in [0.15, 0.2) is 91.0 Å². The van der Waals surface area contributed by atoms with Crippen molar-refractivity contribution in [2.45, 2.75) is 58.2 Å². The summed E-state index contributed by atoms with van der Waals surface area (Å²) >= 11 is 13.1. The molecule has 4 aromatic carbocycles. The summed E-state index contributed by atoms with van der Waals surface area (Å²) < 4.78 is 0. The molecule has 0 unspecified atom stereocenters. The number of aryl methyl sites for hydroxylation is 1. The normalized spacial score (nSPS) is 12.6. The lowest BCUT2D eigenvalue weighted by molar-refractivity contribution is -0.141. The van der Waals surface area contributed by atoms with Crippen molar-refractivity contribution in [3.8, 4) is 0 Å². The van der Waals surface area contributed by atoms with Crippen LogP contribution in [0, 0.1) is 0 Å². The largest absolute Gasteiger partial charge is 0.352 e. The first-order chi connectivity index (χ1) is 18.9. The quantitative estimate of drug-likeness (QED) is 0.205.